The number of benzene rings is 1. The van der Waals surface area contributed by atoms with Crippen molar-refractivity contribution in [2.45, 2.75) is 31.0 Å². The number of carboxylic acids is 1. The van der Waals surface area contributed by atoms with Gasteiger partial charge in [0.05, 0.1) is 0 Å². The Kier molecular flexibility index (Phi) is 5.14. The van der Waals surface area contributed by atoms with Crippen molar-refractivity contribution in [3.8, 4) is 0 Å². The summed E-state index contributed by atoms with van der Waals surface area (Å²) in [7, 11) is 0. The van der Waals surface area contributed by atoms with E-state index in [0.717, 1.165) is 0 Å². The summed E-state index contributed by atoms with van der Waals surface area (Å²) in [4.78, 5) is 38.4. The lowest BCUT2D eigenvalue weighted by molar-refractivity contribution is -0.155. The van der Waals surface area contributed by atoms with Crippen LogP contribution in [0, 0.1) is 0 Å². The van der Waals surface area contributed by atoms with Crippen LogP contribution in [0.4, 0.5) is 0 Å². The van der Waals surface area contributed by atoms with Gasteiger partial charge in [0, 0.05) is 24.7 Å². The molecule has 3 N–H and O–H groups in total. The summed E-state index contributed by atoms with van der Waals surface area (Å²) in [6.07, 6.45) is 4.76. The van der Waals surface area contributed by atoms with Gasteiger partial charge in [-0.25, -0.2) is 4.79 Å². The predicted molar refractivity (Wildman–Crippen MR) is 91.0 cm³/mol. The summed E-state index contributed by atoms with van der Waals surface area (Å²) in [6.45, 7) is 0.750. The number of nitrogens with one attached hydrogen (secondary N) is 2. The molecule has 2 amide bonds. The number of piperazine rings is 1. The van der Waals surface area contributed by atoms with Crippen molar-refractivity contribution in [2.24, 2.45) is 0 Å². The summed E-state index contributed by atoms with van der Waals surface area (Å²) in [5.74, 6) is -1.72. The molecule has 2 aliphatic rings. The Hall–Kier alpha value is -2.67. The number of rotatable bonds is 3. The molecule has 2 heterocycles. The number of hydrogen-bond acceptors (Lipinski definition) is 4. The third-order valence-corrected chi connectivity index (χ3v) is 4.57. The second kappa shape index (κ2) is 7.48. The fraction of sp³-hybridized carbons (Fsp3) is 0.389. The van der Waals surface area contributed by atoms with Crippen LogP contribution in [0.15, 0.2) is 42.5 Å². The summed E-state index contributed by atoms with van der Waals surface area (Å²) in [5.41, 5.74) is 0.466. The van der Waals surface area contributed by atoms with Gasteiger partial charge in [0.2, 0.25) is 5.91 Å². The molecule has 1 saturated heterocycles. The molecule has 0 bridgehead atoms. The summed E-state index contributed by atoms with van der Waals surface area (Å²) in [6, 6.07) is 6.74. The van der Waals surface area contributed by atoms with Gasteiger partial charge >= 0.3 is 5.97 Å². The van der Waals surface area contributed by atoms with Crippen LogP contribution >= 0.6 is 0 Å². The first-order valence-corrected chi connectivity index (χ1v) is 8.34. The second-order valence-electron chi connectivity index (χ2n) is 6.25. The third-order valence-electron chi connectivity index (χ3n) is 4.57. The molecule has 3 atom stereocenters. The maximum Gasteiger partial charge on any atom is 0.327 e. The lowest BCUT2D eigenvalue weighted by atomic mass is 9.98. The van der Waals surface area contributed by atoms with Gasteiger partial charge in [-0.05, 0) is 25.0 Å². The normalized spacial score (nSPS) is 26.3. The molecule has 3 rings (SSSR count). The van der Waals surface area contributed by atoms with Gasteiger partial charge in [-0.3, -0.25) is 9.59 Å². The Morgan fingerprint density at radius 1 is 1.12 bits per heavy atom. The van der Waals surface area contributed by atoms with E-state index >= 15 is 0 Å². The van der Waals surface area contributed by atoms with Crippen LogP contribution in [-0.2, 0) is 9.59 Å². The zero-order valence-corrected chi connectivity index (χ0v) is 13.7. The average Bonchev–Trinajstić information content (AvgIpc) is 2.62. The third kappa shape index (κ3) is 3.71. The van der Waals surface area contributed by atoms with Crippen LogP contribution in [0.1, 0.15) is 23.2 Å². The van der Waals surface area contributed by atoms with Crippen molar-refractivity contribution in [3.63, 3.8) is 0 Å². The first-order valence-electron chi connectivity index (χ1n) is 8.34. The maximum absolute atomic E-state index is 13.0. The highest BCUT2D eigenvalue weighted by Crippen LogP contribution is 2.20. The largest absolute Gasteiger partial charge is 0.480 e. The van der Waals surface area contributed by atoms with Crippen LogP contribution in [0.25, 0.3) is 0 Å². The van der Waals surface area contributed by atoms with E-state index in [9.17, 15) is 19.5 Å². The molecule has 132 valence electrons. The van der Waals surface area contributed by atoms with E-state index in [1.807, 2.05) is 18.2 Å². The molecule has 0 spiro atoms. The Bertz CT molecular complexity index is 689. The van der Waals surface area contributed by atoms with Crippen molar-refractivity contribution in [3.05, 3.63) is 48.0 Å². The molecular formula is C18H21N3O4. The zero-order valence-electron chi connectivity index (χ0n) is 13.7. The number of nitrogens with zero attached hydrogens (tertiary/aromatic N) is 1. The Balaban J connectivity index is 1.82. The topological polar surface area (TPSA) is 98.7 Å². The zero-order chi connectivity index (χ0) is 17.8. The molecule has 0 radical (unpaired) electrons. The molecule has 0 unspecified atom stereocenters. The molecule has 1 aromatic carbocycles. The molecule has 0 aromatic heterocycles. The summed E-state index contributed by atoms with van der Waals surface area (Å²) in [5, 5.41) is 15.3. The predicted octanol–water partition coefficient (Wildman–Crippen LogP) is 0.389. The van der Waals surface area contributed by atoms with Crippen molar-refractivity contribution >= 4 is 17.8 Å². The van der Waals surface area contributed by atoms with Gasteiger partial charge in [-0.2, -0.15) is 0 Å². The first-order chi connectivity index (χ1) is 12.1. The van der Waals surface area contributed by atoms with Crippen LogP contribution in [0.3, 0.4) is 0 Å². The lowest BCUT2D eigenvalue weighted by Crippen LogP contribution is -2.65. The molecular weight excluding hydrogens is 322 g/mol. The van der Waals surface area contributed by atoms with E-state index in [1.165, 1.54) is 4.90 Å². The van der Waals surface area contributed by atoms with E-state index in [1.54, 1.807) is 24.3 Å². The summed E-state index contributed by atoms with van der Waals surface area (Å²) < 4.78 is 0. The minimum absolute atomic E-state index is 0.209. The Morgan fingerprint density at radius 3 is 2.56 bits per heavy atom. The Morgan fingerprint density at radius 2 is 1.84 bits per heavy atom. The van der Waals surface area contributed by atoms with Gasteiger partial charge in [-0.15, -0.1) is 0 Å². The molecule has 0 aliphatic carbocycles. The molecule has 0 saturated carbocycles. The van der Waals surface area contributed by atoms with E-state index in [0.29, 0.717) is 24.9 Å². The van der Waals surface area contributed by atoms with Crippen molar-refractivity contribution in [2.75, 3.05) is 13.1 Å². The number of hydrogen-bond donors (Lipinski definition) is 3. The standard InChI is InChI=1S/C18H21N3O4/c22-16(12-6-2-1-3-7-12)20-14-9-5-4-8-13-10-19-11-15(18(24)25)21(13)17(14)23/h1-7,13-15,19H,8-11H2,(H,20,22)(H,24,25)/t13-,14-,15-/m0/s1. The lowest BCUT2D eigenvalue weighted by Gasteiger charge is -2.42. The van der Waals surface area contributed by atoms with Crippen molar-refractivity contribution < 1.29 is 19.5 Å². The number of aliphatic carboxylic acids is 1. The van der Waals surface area contributed by atoms with Crippen LogP contribution < -0.4 is 10.6 Å². The molecule has 7 heteroatoms. The fourth-order valence-electron chi connectivity index (χ4n) is 3.29. The smallest absolute Gasteiger partial charge is 0.327 e. The van der Waals surface area contributed by atoms with Crippen molar-refractivity contribution in [1.82, 2.24) is 15.5 Å². The number of carboxylic acid groups (broad SMARTS) is 1. The highest BCUT2D eigenvalue weighted by atomic mass is 16.4. The first kappa shape index (κ1) is 17.2. The van der Waals surface area contributed by atoms with Gasteiger partial charge in [0.25, 0.3) is 5.91 Å². The Labute approximate surface area is 145 Å². The van der Waals surface area contributed by atoms with Gasteiger partial charge < -0.3 is 20.6 Å². The highest BCUT2D eigenvalue weighted by Gasteiger charge is 2.41. The summed E-state index contributed by atoms with van der Waals surface area (Å²) >= 11 is 0. The quantitative estimate of drug-likeness (QED) is 0.690. The van der Waals surface area contributed by atoms with E-state index in [4.69, 9.17) is 0 Å². The second-order valence-corrected chi connectivity index (χ2v) is 6.25. The van der Waals surface area contributed by atoms with Crippen LogP contribution in [0.5, 0.6) is 0 Å². The fourth-order valence-corrected chi connectivity index (χ4v) is 3.29. The number of carbonyl (C=O) groups excluding carboxylic acids is 2. The number of fused-ring (bicyclic) bond motifs is 1. The highest BCUT2D eigenvalue weighted by molar-refractivity contribution is 5.98. The molecule has 25 heavy (non-hydrogen) atoms. The van der Waals surface area contributed by atoms with Gasteiger partial charge in [-0.1, -0.05) is 30.4 Å². The molecule has 1 aromatic rings. The minimum Gasteiger partial charge on any atom is -0.480 e. The van der Waals surface area contributed by atoms with Gasteiger partial charge in [0.1, 0.15) is 12.1 Å². The van der Waals surface area contributed by atoms with E-state index < -0.39 is 18.1 Å². The van der Waals surface area contributed by atoms with Crippen LogP contribution in [-0.4, -0.2) is 59.0 Å². The average molecular weight is 343 g/mol. The molecule has 2 aliphatic heterocycles. The number of amides is 2. The van der Waals surface area contributed by atoms with E-state index in [2.05, 4.69) is 10.6 Å². The van der Waals surface area contributed by atoms with Crippen molar-refractivity contribution in [1.29, 1.82) is 0 Å². The monoisotopic (exact) mass is 343 g/mol. The molecule has 1 fully saturated rings. The van der Waals surface area contributed by atoms with Gasteiger partial charge in [0.15, 0.2) is 0 Å². The minimum atomic E-state index is -1.04. The van der Waals surface area contributed by atoms with Crippen LogP contribution in [0.2, 0.25) is 0 Å². The molecule has 7 nitrogen and oxygen atoms in total. The number of carbonyl (C=O) groups is 3. The SMILES string of the molecule is O=C(N[C@H]1CC=CC[C@H]2CNC[C@@H](C(=O)O)N2C1=O)c1ccccc1. The maximum atomic E-state index is 13.0. The van der Waals surface area contributed by atoms with E-state index in [-0.39, 0.29) is 24.4 Å².